The van der Waals surface area contributed by atoms with Gasteiger partial charge < -0.3 is 29.9 Å². The van der Waals surface area contributed by atoms with Gasteiger partial charge in [-0.1, -0.05) is 0 Å². The minimum Gasteiger partial charge on any atom is -0.497 e. The van der Waals surface area contributed by atoms with Crippen molar-refractivity contribution in [1.82, 2.24) is 9.97 Å². The third-order valence-electron chi connectivity index (χ3n) is 6.27. The number of anilines is 4. The second-order valence-corrected chi connectivity index (χ2v) is 8.12. The van der Waals surface area contributed by atoms with Gasteiger partial charge in [0.05, 0.1) is 19.6 Å². The van der Waals surface area contributed by atoms with Crippen LogP contribution in [0.5, 0.6) is 5.75 Å². The predicted molar refractivity (Wildman–Crippen MR) is 125 cm³/mol. The molecule has 0 bridgehead atoms. The van der Waals surface area contributed by atoms with Crippen molar-refractivity contribution in [2.75, 3.05) is 73.4 Å². The van der Waals surface area contributed by atoms with E-state index in [1.807, 2.05) is 19.1 Å². The molecule has 2 saturated heterocycles. The molecule has 9 heteroatoms. The smallest absolute Gasteiger partial charge is 0.309 e. The minimum atomic E-state index is -0.0989. The molecule has 1 aromatic heterocycles. The number of benzene rings is 1. The molecule has 1 aromatic carbocycles. The highest BCUT2D eigenvalue weighted by Crippen LogP contribution is 2.32. The van der Waals surface area contributed by atoms with Crippen LogP contribution >= 0.6 is 0 Å². The number of piperidine rings is 1. The first-order chi connectivity index (χ1) is 15.6. The quantitative estimate of drug-likeness (QED) is 0.678. The zero-order valence-electron chi connectivity index (χ0n) is 18.9. The molecule has 0 unspecified atom stereocenters. The summed E-state index contributed by atoms with van der Waals surface area (Å²) in [5.74, 6) is 2.27. The van der Waals surface area contributed by atoms with Gasteiger partial charge in [0.1, 0.15) is 17.8 Å². The maximum absolute atomic E-state index is 12.0. The molecule has 9 nitrogen and oxygen atoms in total. The van der Waals surface area contributed by atoms with E-state index in [1.54, 1.807) is 13.4 Å². The van der Waals surface area contributed by atoms with Gasteiger partial charge in [0, 0.05) is 45.0 Å². The molecular weight excluding hydrogens is 408 g/mol. The Labute approximate surface area is 189 Å². The number of nitrogens with zero attached hydrogens (tertiary/aromatic N) is 5. The first-order valence-corrected chi connectivity index (χ1v) is 11.3. The van der Waals surface area contributed by atoms with Gasteiger partial charge in [0.25, 0.3) is 0 Å². The Morgan fingerprint density at radius 2 is 1.53 bits per heavy atom. The summed E-state index contributed by atoms with van der Waals surface area (Å²) >= 11 is 0. The van der Waals surface area contributed by atoms with Crippen LogP contribution in [0.2, 0.25) is 0 Å². The summed E-state index contributed by atoms with van der Waals surface area (Å²) in [5.41, 5.74) is 8.33. The van der Waals surface area contributed by atoms with Crippen LogP contribution in [0.4, 0.5) is 23.0 Å². The zero-order chi connectivity index (χ0) is 22.5. The number of carbonyl (C=O) groups is 1. The van der Waals surface area contributed by atoms with Crippen molar-refractivity contribution in [2.45, 2.75) is 19.8 Å². The molecule has 4 rings (SSSR count). The van der Waals surface area contributed by atoms with E-state index in [0.717, 1.165) is 69.5 Å². The number of rotatable bonds is 6. The average Bonchev–Trinajstić information content (AvgIpc) is 2.85. The lowest BCUT2D eigenvalue weighted by Gasteiger charge is -2.38. The largest absolute Gasteiger partial charge is 0.497 e. The molecule has 2 fully saturated rings. The number of ether oxygens (including phenoxy) is 2. The second-order valence-electron chi connectivity index (χ2n) is 8.12. The highest BCUT2D eigenvalue weighted by atomic mass is 16.5. The molecule has 172 valence electrons. The van der Waals surface area contributed by atoms with Crippen molar-refractivity contribution in [2.24, 2.45) is 5.92 Å². The summed E-state index contributed by atoms with van der Waals surface area (Å²) in [7, 11) is 1.68. The lowest BCUT2D eigenvalue weighted by molar-refractivity contribution is -0.148. The Balaban J connectivity index is 1.38. The molecule has 0 amide bonds. The van der Waals surface area contributed by atoms with Gasteiger partial charge in [-0.2, -0.15) is 0 Å². The van der Waals surface area contributed by atoms with Crippen LogP contribution in [-0.2, 0) is 9.53 Å². The lowest BCUT2D eigenvalue weighted by atomic mass is 9.97. The van der Waals surface area contributed by atoms with Gasteiger partial charge >= 0.3 is 5.97 Å². The van der Waals surface area contributed by atoms with E-state index in [-0.39, 0.29) is 11.9 Å². The van der Waals surface area contributed by atoms with Crippen LogP contribution in [0.3, 0.4) is 0 Å². The fourth-order valence-electron chi connectivity index (χ4n) is 4.44. The fourth-order valence-corrected chi connectivity index (χ4v) is 4.44. The maximum Gasteiger partial charge on any atom is 0.309 e. The fraction of sp³-hybridized carbons (Fsp3) is 0.522. The van der Waals surface area contributed by atoms with Crippen molar-refractivity contribution in [1.29, 1.82) is 0 Å². The number of methoxy groups -OCH3 is 1. The van der Waals surface area contributed by atoms with Crippen molar-refractivity contribution in [3.05, 3.63) is 30.6 Å². The Morgan fingerprint density at radius 3 is 2.09 bits per heavy atom. The third kappa shape index (κ3) is 4.66. The maximum atomic E-state index is 12.0. The number of hydrogen-bond donors (Lipinski definition) is 1. The Hall–Kier alpha value is -3.23. The van der Waals surface area contributed by atoms with Crippen LogP contribution in [0.25, 0.3) is 0 Å². The Bertz CT molecular complexity index is 906. The molecule has 0 atom stereocenters. The molecule has 2 aliphatic rings. The normalized spacial score (nSPS) is 17.4. The summed E-state index contributed by atoms with van der Waals surface area (Å²) in [4.78, 5) is 27.7. The van der Waals surface area contributed by atoms with E-state index in [1.165, 1.54) is 5.69 Å². The van der Waals surface area contributed by atoms with Gasteiger partial charge in [-0.3, -0.25) is 4.79 Å². The third-order valence-corrected chi connectivity index (χ3v) is 6.27. The number of aromatic nitrogens is 2. The predicted octanol–water partition coefficient (Wildman–Crippen LogP) is 2.17. The summed E-state index contributed by atoms with van der Waals surface area (Å²) in [6.07, 6.45) is 3.09. The summed E-state index contributed by atoms with van der Waals surface area (Å²) < 4.78 is 10.4. The van der Waals surface area contributed by atoms with Crippen LogP contribution < -0.4 is 25.2 Å². The number of carbonyl (C=O) groups excluding carboxylic acids is 1. The number of esters is 1. The van der Waals surface area contributed by atoms with E-state index >= 15 is 0 Å². The number of hydrogen-bond acceptors (Lipinski definition) is 9. The van der Waals surface area contributed by atoms with E-state index in [9.17, 15) is 4.79 Å². The van der Waals surface area contributed by atoms with Crippen molar-refractivity contribution in [3.63, 3.8) is 0 Å². The van der Waals surface area contributed by atoms with Gasteiger partial charge in [0.15, 0.2) is 11.6 Å². The molecule has 32 heavy (non-hydrogen) atoms. The first-order valence-electron chi connectivity index (χ1n) is 11.3. The standard InChI is InChI=1S/C23H32N6O3/c1-3-32-23(30)17-8-10-28(11-9-17)21-20(24)22(26-16-25-21)29-14-12-27(13-15-29)18-4-6-19(31-2)7-5-18/h4-7,16-17H,3,8-15,24H2,1-2H3. The van der Waals surface area contributed by atoms with Gasteiger partial charge in [-0.25, -0.2) is 9.97 Å². The van der Waals surface area contributed by atoms with Crippen LogP contribution in [0, 0.1) is 5.92 Å². The molecular formula is C23H32N6O3. The van der Waals surface area contributed by atoms with Crippen LogP contribution in [0.1, 0.15) is 19.8 Å². The zero-order valence-corrected chi connectivity index (χ0v) is 18.9. The van der Waals surface area contributed by atoms with Crippen LogP contribution in [0.15, 0.2) is 30.6 Å². The van der Waals surface area contributed by atoms with E-state index < -0.39 is 0 Å². The number of piperazine rings is 1. The number of nitrogen functional groups attached to an aromatic ring is 1. The van der Waals surface area contributed by atoms with Crippen molar-refractivity contribution < 1.29 is 14.3 Å². The molecule has 2 aliphatic heterocycles. The Kier molecular flexibility index (Phi) is 6.82. The lowest BCUT2D eigenvalue weighted by Crippen LogP contribution is -2.47. The molecule has 3 heterocycles. The van der Waals surface area contributed by atoms with Gasteiger partial charge in [0.2, 0.25) is 0 Å². The number of nitrogens with two attached hydrogens (primary N) is 1. The topological polar surface area (TPSA) is 97.0 Å². The summed E-state index contributed by atoms with van der Waals surface area (Å²) in [6, 6.07) is 8.15. The van der Waals surface area contributed by atoms with Gasteiger partial charge in [-0.05, 0) is 44.0 Å². The van der Waals surface area contributed by atoms with Crippen molar-refractivity contribution in [3.8, 4) is 5.75 Å². The monoisotopic (exact) mass is 440 g/mol. The van der Waals surface area contributed by atoms with E-state index in [0.29, 0.717) is 12.3 Å². The molecule has 0 radical (unpaired) electrons. The molecule has 0 spiro atoms. The summed E-state index contributed by atoms with van der Waals surface area (Å²) in [5, 5.41) is 0. The van der Waals surface area contributed by atoms with E-state index in [2.05, 4.69) is 36.8 Å². The first kappa shape index (κ1) is 22.0. The van der Waals surface area contributed by atoms with Crippen molar-refractivity contribution >= 4 is 29.0 Å². The highest BCUT2D eigenvalue weighted by Gasteiger charge is 2.29. The minimum absolute atomic E-state index is 0.0419. The molecule has 0 aliphatic carbocycles. The average molecular weight is 441 g/mol. The highest BCUT2D eigenvalue weighted by molar-refractivity contribution is 5.77. The van der Waals surface area contributed by atoms with Gasteiger partial charge in [-0.15, -0.1) is 0 Å². The SMILES string of the molecule is CCOC(=O)C1CCN(c2ncnc(N3CCN(c4ccc(OC)cc4)CC3)c2N)CC1. The molecule has 2 N–H and O–H groups in total. The summed E-state index contributed by atoms with van der Waals surface area (Å²) in [6.45, 7) is 7.16. The Morgan fingerprint density at radius 1 is 0.969 bits per heavy atom. The van der Waals surface area contributed by atoms with E-state index in [4.69, 9.17) is 15.2 Å². The second kappa shape index (κ2) is 9.93. The molecule has 0 saturated carbocycles. The molecule has 2 aromatic rings. The van der Waals surface area contributed by atoms with Crippen LogP contribution in [-0.4, -0.2) is 68.9 Å².